The summed E-state index contributed by atoms with van der Waals surface area (Å²) >= 11 is 0. The number of carbonyl (C=O) groups excluding carboxylic acids is 1. The van der Waals surface area contributed by atoms with Crippen LogP contribution < -0.4 is 10.6 Å². The molecule has 0 aliphatic carbocycles. The molecule has 112 valence electrons. The minimum absolute atomic E-state index is 0.141. The molecule has 0 aliphatic rings. The van der Waals surface area contributed by atoms with E-state index in [2.05, 4.69) is 10.6 Å². The average Bonchev–Trinajstić information content (AvgIpc) is 2.37. The second-order valence-electron chi connectivity index (χ2n) is 3.99. The van der Waals surface area contributed by atoms with Crippen molar-refractivity contribution in [1.29, 1.82) is 0 Å². The Morgan fingerprint density at radius 1 is 1.00 bits per heavy atom. The van der Waals surface area contributed by atoms with Gasteiger partial charge >= 0.3 is 12.0 Å². The van der Waals surface area contributed by atoms with Crippen molar-refractivity contribution >= 4 is 12.0 Å². The third kappa shape index (κ3) is 14.6. The van der Waals surface area contributed by atoms with Crippen molar-refractivity contribution in [2.45, 2.75) is 25.7 Å². The average molecular weight is 276 g/mol. The molecule has 19 heavy (non-hydrogen) atoms. The summed E-state index contributed by atoms with van der Waals surface area (Å²) in [6.45, 7) is 2.76. The molecular weight excluding hydrogens is 252 g/mol. The van der Waals surface area contributed by atoms with Crippen LogP contribution in [0, 0.1) is 0 Å². The lowest BCUT2D eigenvalue weighted by molar-refractivity contribution is -0.137. The van der Waals surface area contributed by atoms with E-state index in [0.29, 0.717) is 45.8 Å². The van der Waals surface area contributed by atoms with E-state index in [1.807, 2.05) is 0 Å². The summed E-state index contributed by atoms with van der Waals surface area (Å²) in [5, 5.41) is 13.8. The summed E-state index contributed by atoms with van der Waals surface area (Å²) in [5.74, 6) is -0.807. The van der Waals surface area contributed by atoms with Gasteiger partial charge in [-0.25, -0.2) is 4.79 Å². The summed E-state index contributed by atoms with van der Waals surface area (Å²) in [6.07, 6.45) is 2.13. The van der Waals surface area contributed by atoms with Gasteiger partial charge in [0.25, 0.3) is 0 Å². The van der Waals surface area contributed by atoms with E-state index in [-0.39, 0.29) is 12.5 Å². The van der Waals surface area contributed by atoms with Crippen LogP contribution in [0.4, 0.5) is 4.79 Å². The molecule has 0 heterocycles. The van der Waals surface area contributed by atoms with Crippen LogP contribution in [0.3, 0.4) is 0 Å². The number of methoxy groups -OCH3 is 1. The Labute approximate surface area is 113 Å². The van der Waals surface area contributed by atoms with E-state index >= 15 is 0 Å². The number of hydrogen-bond donors (Lipinski definition) is 3. The molecular formula is C12H24N2O5. The highest BCUT2D eigenvalue weighted by atomic mass is 16.5. The monoisotopic (exact) mass is 276 g/mol. The van der Waals surface area contributed by atoms with Crippen LogP contribution in [0.25, 0.3) is 0 Å². The van der Waals surface area contributed by atoms with E-state index in [4.69, 9.17) is 14.6 Å². The molecule has 7 heteroatoms. The van der Waals surface area contributed by atoms with Gasteiger partial charge in [-0.15, -0.1) is 0 Å². The lowest BCUT2D eigenvalue weighted by Gasteiger charge is -2.07. The van der Waals surface area contributed by atoms with Crippen LogP contribution in [-0.4, -0.2) is 57.1 Å². The zero-order valence-corrected chi connectivity index (χ0v) is 11.4. The van der Waals surface area contributed by atoms with E-state index in [1.165, 1.54) is 0 Å². The number of nitrogens with one attached hydrogen (secondary N) is 2. The van der Waals surface area contributed by atoms with Crippen molar-refractivity contribution in [3.63, 3.8) is 0 Å². The second kappa shape index (κ2) is 13.1. The first-order valence-electron chi connectivity index (χ1n) is 6.47. The number of carboxylic acid groups (broad SMARTS) is 1. The predicted octanol–water partition coefficient (Wildman–Crippen LogP) is 0.594. The van der Waals surface area contributed by atoms with Gasteiger partial charge in [-0.1, -0.05) is 0 Å². The predicted molar refractivity (Wildman–Crippen MR) is 70.2 cm³/mol. The van der Waals surface area contributed by atoms with Crippen molar-refractivity contribution in [3.05, 3.63) is 0 Å². The molecule has 0 rings (SSSR count). The maximum Gasteiger partial charge on any atom is 0.314 e. The van der Waals surface area contributed by atoms with Crippen molar-refractivity contribution in [2.75, 3.05) is 40.0 Å². The highest BCUT2D eigenvalue weighted by Crippen LogP contribution is 1.93. The van der Waals surface area contributed by atoms with Crippen LogP contribution in [-0.2, 0) is 14.3 Å². The Hall–Kier alpha value is -1.34. The van der Waals surface area contributed by atoms with Crippen LogP contribution in [0.2, 0.25) is 0 Å². The molecule has 0 saturated carbocycles. The zero-order valence-electron chi connectivity index (χ0n) is 11.4. The number of ether oxygens (including phenoxy) is 2. The first-order chi connectivity index (χ1) is 9.16. The van der Waals surface area contributed by atoms with Gasteiger partial charge in [-0.05, 0) is 19.3 Å². The Morgan fingerprint density at radius 2 is 1.68 bits per heavy atom. The summed E-state index contributed by atoms with van der Waals surface area (Å²) in [5.41, 5.74) is 0. The molecule has 0 fully saturated rings. The largest absolute Gasteiger partial charge is 0.481 e. The van der Waals surface area contributed by atoms with Crippen LogP contribution >= 0.6 is 0 Å². The van der Waals surface area contributed by atoms with Gasteiger partial charge in [0.15, 0.2) is 0 Å². The molecule has 0 spiro atoms. The molecule has 0 aromatic carbocycles. The smallest absolute Gasteiger partial charge is 0.314 e. The number of rotatable bonds is 12. The summed E-state index contributed by atoms with van der Waals surface area (Å²) in [4.78, 5) is 21.5. The maximum atomic E-state index is 11.3. The van der Waals surface area contributed by atoms with Gasteiger partial charge in [0, 0.05) is 33.2 Å². The van der Waals surface area contributed by atoms with Crippen molar-refractivity contribution in [3.8, 4) is 0 Å². The Balaban J connectivity index is 3.19. The normalized spacial score (nSPS) is 10.2. The van der Waals surface area contributed by atoms with Gasteiger partial charge in [0.1, 0.15) is 0 Å². The number of carbonyl (C=O) groups is 2. The number of hydrogen-bond acceptors (Lipinski definition) is 4. The van der Waals surface area contributed by atoms with Crippen molar-refractivity contribution < 1.29 is 24.2 Å². The summed E-state index contributed by atoms with van der Waals surface area (Å²) in [7, 11) is 1.62. The van der Waals surface area contributed by atoms with Crippen LogP contribution in [0.1, 0.15) is 25.7 Å². The van der Waals surface area contributed by atoms with Crippen LogP contribution in [0.5, 0.6) is 0 Å². The number of unbranched alkanes of at least 4 members (excludes halogenated alkanes) is 1. The molecule has 0 aliphatic heterocycles. The Morgan fingerprint density at radius 3 is 2.32 bits per heavy atom. The second-order valence-corrected chi connectivity index (χ2v) is 3.99. The van der Waals surface area contributed by atoms with Gasteiger partial charge in [-0.2, -0.15) is 0 Å². The first-order valence-corrected chi connectivity index (χ1v) is 6.47. The number of aliphatic carboxylic acids is 1. The fourth-order valence-electron chi connectivity index (χ4n) is 1.29. The number of carboxylic acids is 1. The highest BCUT2D eigenvalue weighted by Gasteiger charge is 2.00. The van der Waals surface area contributed by atoms with Gasteiger partial charge in [-0.3, -0.25) is 4.79 Å². The molecule has 3 N–H and O–H groups in total. The minimum atomic E-state index is -0.807. The summed E-state index contributed by atoms with van der Waals surface area (Å²) < 4.78 is 10.1. The number of amides is 2. The minimum Gasteiger partial charge on any atom is -0.481 e. The molecule has 7 nitrogen and oxygen atoms in total. The molecule has 0 radical (unpaired) electrons. The standard InChI is InChI=1S/C12H24N2O5/c1-18-9-10-19-8-4-7-14-12(17)13-6-3-2-5-11(15)16/h2-10H2,1H3,(H,15,16)(H2,13,14,17). The van der Waals surface area contributed by atoms with Crippen LogP contribution in [0.15, 0.2) is 0 Å². The lowest BCUT2D eigenvalue weighted by Crippen LogP contribution is -2.36. The summed E-state index contributed by atoms with van der Waals surface area (Å²) in [6, 6.07) is -0.229. The molecule has 0 unspecified atom stereocenters. The highest BCUT2D eigenvalue weighted by molar-refractivity contribution is 5.73. The van der Waals surface area contributed by atoms with Gasteiger partial charge in [0.2, 0.25) is 0 Å². The van der Waals surface area contributed by atoms with E-state index in [0.717, 1.165) is 6.42 Å². The first kappa shape index (κ1) is 17.7. The molecule has 2 amide bonds. The van der Waals surface area contributed by atoms with E-state index < -0.39 is 5.97 Å². The molecule has 0 aromatic rings. The number of urea groups is 1. The third-order valence-corrected chi connectivity index (χ3v) is 2.29. The topological polar surface area (TPSA) is 96.9 Å². The van der Waals surface area contributed by atoms with Gasteiger partial charge in [0.05, 0.1) is 13.2 Å². The molecule has 0 aromatic heterocycles. The SMILES string of the molecule is COCCOCCCNC(=O)NCCCCC(=O)O. The van der Waals surface area contributed by atoms with Crippen molar-refractivity contribution in [1.82, 2.24) is 10.6 Å². The quantitative estimate of drug-likeness (QED) is 0.453. The Kier molecular flexibility index (Phi) is 12.2. The third-order valence-electron chi connectivity index (χ3n) is 2.29. The molecule has 0 saturated heterocycles. The van der Waals surface area contributed by atoms with E-state index in [9.17, 15) is 9.59 Å². The van der Waals surface area contributed by atoms with Gasteiger partial charge < -0.3 is 25.2 Å². The fourth-order valence-corrected chi connectivity index (χ4v) is 1.29. The fraction of sp³-hybridized carbons (Fsp3) is 0.833. The van der Waals surface area contributed by atoms with E-state index in [1.54, 1.807) is 7.11 Å². The molecule has 0 bridgehead atoms. The van der Waals surface area contributed by atoms with Crippen molar-refractivity contribution in [2.24, 2.45) is 0 Å². The zero-order chi connectivity index (χ0) is 14.3. The lowest BCUT2D eigenvalue weighted by atomic mass is 10.2. The molecule has 0 atom stereocenters. The maximum absolute atomic E-state index is 11.3. The Bertz CT molecular complexity index is 248.